The van der Waals surface area contributed by atoms with Crippen molar-refractivity contribution in [1.82, 2.24) is 4.90 Å². The molecule has 1 heterocycles. The lowest BCUT2D eigenvalue weighted by atomic mass is 10.1. The van der Waals surface area contributed by atoms with Crippen LogP contribution in [0.2, 0.25) is 0 Å². The zero-order chi connectivity index (χ0) is 23.2. The second-order valence-corrected chi connectivity index (χ2v) is 8.95. The predicted molar refractivity (Wildman–Crippen MR) is 126 cm³/mol. The van der Waals surface area contributed by atoms with Crippen molar-refractivity contribution in [3.63, 3.8) is 0 Å². The highest BCUT2D eigenvalue weighted by atomic mass is 16.6. The first-order valence-corrected chi connectivity index (χ1v) is 11.3. The molecule has 0 bridgehead atoms. The third-order valence-electron chi connectivity index (χ3n) is 4.99. The van der Waals surface area contributed by atoms with E-state index in [0.717, 1.165) is 18.8 Å². The van der Waals surface area contributed by atoms with Crippen LogP contribution in [0.3, 0.4) is 0 Å². The van der Waals surface area contributed by atoms with Crippen LogP contribution < -0.4 is 0 Å². The Labute approximate surface area is 192 Å². The molecule has 2 N–H and O–H groups in total. The number of β-amino-alcohol motifs (C(OH)–C–C–N with tert-alkyl or cyclic N) is 2. The van der Waals surface area contributed by atoms with Gasteiger partial charge in [-0.25, -0.2) is 0 Å². The Morgan fingerprint density at radius 1 is 0.969 bits per heavy atom. The van der Waals surface area contributed by atoms with Crippen LogP contribution in [-0.2, 0) is 27.4 Å². The molecule has 0 aliphatic carbocycles. The van der Waals surface area contributed by atoms with Crippen molar-refractivity contribution in [2.45, 2.75) is 51.7 Å². The predicted octanol–water partition coefficient (Wildman–Crippen LogP) is 3.26. The number of ether oxygens (including phenoxy) is 3. The number of aliphatic hydroxyl groups is 2. The van der Waals surface area contributed by atoms with Gasteiger partial charge < -0.3 is 24.4 Å². The summed E-state index contributed by atoms with van der Waals surface area (Å²) in [6, 6.07) is 20.1. The number of rotatable bonds is 12. The summed E-state index contributed by atoms with van der Waals surface area (Å²) in [6.45, 7) is 10.5. The third kappa shape index (κ3) is 11.7. The Morgan fingerprint density at radius 3 is 1.97 bits per heavy atom. The first-order chi connectivity index (χ1) is 15.4. The standard InChI is InChI=1S/C16H27NO3.C10H12O2/c1-16(2,3)17(9-10-18)11-15(19)13-20-12-14-7-5-4-6-8-14;1-2-4-9(5-3-1)6-11-7-10-8-12-10/h4-8,15,18-19H,9-13H2,1-3H3;1-5,10H,6-8H2. The molecule has 6 heteroatoms. The summed E-state index contributed by atoms with van der Waals surface area (Å²) in [4.78, 5) is 2.06. The number of benzene rings is 2. The van der Waals surface area contributed by atoms with Crippen molar-refractivity contribution in [3.05, 3.63) is 71.8 Å². The maximum absolute atomic E-state index is 10.0. The minimum absolute atomic E-state index is 0.0802. The molecule has 0 radical (unpaired) electrons. The van der Waals surface area contributed by atoms with Gasteiger partial charge in [0.05, 0.1) is 45.7 Å². The first kappa shape index (κ1) is 26.5. The lowest BCUT2D eigenvalue weighted by Crippen LogP contribution is -2.47. The van der Waals surface area contributed by atoms with Gasteiger partial charge in [0.1, 0.15) is 6.10 Å². The van der Waals surface area contributed by atoms with E-state index < -0.39 is 6.10 Å². The second kappa shape index (κ2) is 14.4. The van der Waals surface area contributed by atoms with Crippen molar-refractivity contribution in [2.24, 2.45) is 0 Å². The van der Waals surface area contributed by atoms with E-state index in [1.54, 1.807) is 0 Å². The van der Waals surface area contributed by atoms with Crippen LogP contribution in [0.4, 0.5) is 0 Å². The molecule has 0 spiro atoms. The molecule has 0 saturated carbocycles. The van der Waals surface area contributed by atoms with Gasteiger partial charge in [0.15, 0.2) is 0 Å². The van der Waals surface area contributed by atoms with E-state index in [9.17, 15) is 5.11 Å². The van der Waals surface area contributed by atoms with Crippen LogP contribution >= 0.6 is 0 Å². The highest BCUT2D eigenvalue weighted by Crippen LogP contribution is 2.13. The molecule has 2 aromatic carbocycles. The Bertz CT molecular complexity index is 716. The molecule has 178 valence electrons. The SMILES string of the molecule is CC(C)(C)N(CCO)CC(O)COCc1ccccc1.c1ccc(COCC2CO2)cc1. The third-order valence-corrected chi connectivity index (χ3v) is 4.99. The number of nitrogens with zero attached hydrogens (tertiary/aromatic N) is 1. The van der Waals surface area contributed by atoms with E-state index >= 15 is 0 Å². The largest absolute Gasteiger partial charge is 0.395 e. The van der Waals surface area contributed by atoms with Crippen LogP contribution in [0.15, 0.2) is 60.7 Å². The summed E-state index contributed by atoms with van der Waals surface area (Å²) in [5.41, 5.74) is 2.24. The maximum atomic E-state index is 10.0. The summed E-state index contributed by atoms with van der Waals surface area (Å²) < 4.78 is 16.0. The fraction of sp³-hybridized carbons (Fsp3) is 0.538. The number of aliphatic hydroxyl groups excluding tert-OH is 2. The van der Waals surface area contributed by atoms with Gasteiger partial charge in [-0.2, -0.15) is 0 Å². The van der Waals surface area contributed by atoms with Crippen LogP contribution in [-0.4, -0.2) is 72.4 Å². The van der Waals surface area contributed by atoms with Crippen LogP contribution in [0, 0.1) is 0 Å². The summed E-state index contributed by atoms with van der Waals surface area (Å²) in [5, 5.41) is 19.1. The van der Waals surface area contributed by atoms with Gasteiger partial charge in [-0.05, 0) is 31.9 Å². The van der Waals surface area contributed by atoms with Gasteiger partial charge in [-0.1, -0.05) is 60.7 Å². The minimum atomic E-state index is -0.551. The molecule has 2 atom stereocenters. The zero-order valence-electron chi connectivity index (χ0n) is 19.7. The fourth-order valence-corrected chi connectivity index (χ4v) is 3.06. The molecule has 1 aliphatic rings. The van der Waals surface area contributed by atoms with Crippen LogP contribution in [0.5, 0.6) is 0 Å². The average molecular weight is 446 g/mol. The van der Waals surface area contributed by atoms with Crippen molar-refractivity contribution in [2.75, 3.05) is 39.5 Å². The Balaban J connectivity index is 0.000000255. The van der Waals surface area contributed by atoms with Crippen molar-refractivity contribution in [3.8, 4) is 0 Å². The van der Waals surface area contributed by atoms with E-state index in [-0.39, 0.29) is 12.1 Å². The highest BCUT2D eigenvalue weighted by molar-refractivity contribution is 5.14. The number of epoxide rings is 1. The van der Waals surface area contributed by atoms with Crippen LogP contribution in [0.25, 0.3) is 0 Å². The van der Waals surface area contributed by atoms with Gasteiger partial charge in [-0.3, -0.25) is 4.90 Å². The van der Waals surface area contributed by atoms with Crippen molar-refractivity contribution >= 4 is 0 Å². The summed E-state index contributed by atoms with van der Waals surface area (Å²) in [6.07, 6.45) is -0.182. The number of hydrogen-bond donors (Lipinski definition) is 2. The monoisotopic (exact) mass is 445 g/mol. The van der Waals surface area contributed by atoms with E-state index in [1.165, 1.54) is 5.56 Å². The van der Waals surface area contributed by atoms with E-state index in [0.29, 0.717) is 39.0 Å². The Kier molecular flexibility index (Phi) is 11.9. The van der Waals surface area contributed by atoms with E-state index in [2.05, 4.69) is 37.8 Å². The lowest BCUT2D eigenvalue weighted by molar-refractivity contribution is -0.0111. The topological polar surface area (TPSA) is 74.7 Å². The molecule has 3 rings (SSSR count). The molecule has 2 unspecified atom stereocenters. The minimum Gasteiger partial charge on any atom is -0.395 e. The molecule has 32 heavy (non-hydrogen) atoms. The quantitative estimate of drug-likeness (QED) is 0.489. The molecule has 1 fully saturated rings. The molecular weight excluding hydrogens is 406 g/mol. The molecular formula is C26H39NO5. The molecule has 1 saturated heterocycles. The Hall–Kier alpha value is -1.80. The number of hydrogen-bond acceptors (Lipinski definition) is 6. The fourth-order valence-electron chi connectivity index (χ4n) is 3.06. The summed E-state index contributed by atoms with van der Waals surface area (Å²) in [5.74, 6) is 0. The van der Waals surface area contributed by atoms with Gasteiger partial charge in [-0.15, -0.1) is 0 Å². The first-order valence-electron chi connectivity index (χ1n) is 11.3. The van der Waals surface area contributed by atoms with E-state index in [1.807, 2.05) is 48.5 Å². The maximum Gasteiger partial charge on any atom is 0.104 e. The van der Waals surface area contributed by atoms with Gasteiger partial charge in [0.2, 0.25) is 0 Å². The summed E-state index contributed by atoms with van der Waals surface area (Å²) in [7, 11) is 0. The van der Waals surface area contributed by atoms with Crippen molar-refractivity contribution in [1.29, 1.82) is 0 Å². The van der Waals surface area contributed by atoms with Crippen molar-refractivity contribution < 1.29 is 24.4 Å². The van der Waals surface area contributed by atoms with Gasteiger partial charge in [0, 0.05) is 18.6 Å². The molecule has 6 nitrogen and oxygen atoms in total. The molecule has 0 amide bonds. The lowest BCUT2D eigenvalue weighted by Gasteiger charge is -2.36. The normalized spacial score (nSPS) is 16.4. The summed E-state index contributed by atoms with van der Waals surface area (Å²) >= 11 is 0. The molecule has 0 aromatic heterocycles. The molecule has 2 aromatic rings. The highest BCUT2D eigenvalue weighted by Gasteiger charge is 2.23. The zero-order valence-corrected chi connectivity index (χ0v) is 19.7. The smallest absolute Gasteiger partial charge is 0.104 e. The van der Waals surface area contributed by atoms with Crippen LogP contribution in [0.1, 0.15) is 31.9 Å². The Morgan fingerprint density at radius 2 is 1.50 bits per heavy atom. The van der Waals surface area contributed by atoms with Gasteiger partial charge in [0.25, 0.3) is 0 Å². The van der Waals surface area contributed by atoms with E-state index in [4.69, 9.17) is 19.3 Å². The molecule has 1 aliphatic heterocycles. The van der Waals surface area contributed by atoms with Gasteiger partial charge >= 0.3 is 0 Å². The average Bonchev–Trinajstić information content (AvgIpc) is 3.59. The second-order valence-electron chi connectivity index (χ2n) is 8.95.